The summed E-state index contributed by atoms with van der Waals surface area (Å²) in [4.78, 5) is 39.3. The summed E-state index contributed by atoms with van der Waals surface area (Å²) >= 11 is 0. The number of benzene rings is 2. The summed E-state index contributed by atoms with van der Waals surface area (Å²) in [7, 11) is 1.59. The molecule has 216 valence electrons. The number of ether oxygens (including phenoxy) is 2. The number of halogens is 3. The van der Waals surface area contributed by atoms with Gasteiger partial charge in [-0.05, 0) is 48.7 Å². The number of likely N-dealkylation sites (tertiary alicyclic amines) is 1. The van der Waals surface area contributed by atoms with Crippen molar-refractivity contribution in [1.82, 2.24) is 20.9 Å². The number of amides is 4. The van der Waals surface area contributed by atoms with E-state index in [0.29, 0.717) is 38.7 Å². The molecule has 0 radical (unpaired) electrons. The molecule has 13 heteroatoms. The van der Waals surface area contributed by atoms with Crippen LogP contribution in [0.4, 0.5) is 23.7 Å². The Balaban J connectivity index is 1.35. The van der Waals surface area contributed by atoms with Crippen molar-refractivity contribution in [1.29, 1.82) is 0 Å². The van der Waals surface area contributed by atoms with Crippen molar-refractivity contribution in [3.8, 4) is 5.75 Å². The molecule has 0 bridgehead atoms. The SMILES string of the molecule is COc1ccc(CN[C@@H]2CCOC[C@@H]2NC(=O)CNC(=O)c2cc(C(F)(F)F)ccc2NC(=O)N2CCC2)cc1. The number of hydrogen-bond donors (Lipinski definition) is 4. The summed E-state index contributed by atoms with van der Waals surface area (Å²) in [5.41, 5.74) is -0.486. The zero-order valence-corrected chi connectivity index (χ0v) is 22.0. The van der Waals surface area contributed by atoms with Gasteiger partial charge in [0.25, 0.3) is 5.91 Å². The van der Waals surface area contributed by atoms with E-state index in [0.717, 1.165) is 29.9 Å². The average molecular weight is 564 g/mol. The number of nitrogens with zero attached hydrogens (tertiary/aromatic N) is 1. The fourth-order valence-electron chi connectivity index (χ4n) is 4.36. The van der Waals surface area contributed by atoms with Crippen molar-refractivity contribution in [3.05, 3.63) is 59.2 Å². The van der Waals surface area contributed by atoms with Crippen molar-refractivity contribution in [2.45, 2.75) is 37.6 Å². The zero-order valence-electron chi connectivity index (χ0n) is 22.0. The number of carbonyl (C=O) groups excluding carboxylic acids is 3. The van der Waals surface area contributed by atoms with Crippen LogP contribution in [0.3, 0.4) is 0 Å². The fraction of sp³-hybridized carbons (Fsp3) is 0.444. The molecule has 0 unspecified atom stereocenters. The van der Waals surface area contributed by atoms with Crippen LogP contribution in [0.15, 0.2) is 42.5 Å². The second-order valence-electron chi connectivity index (χ2n) is 9.58. The van der Waals surface area contributed by atoms with Crippen LogP contribution in [-0.2, 0) is 22.3 Å². The van der Waals surface area contributed by atoms with Gasteiger partial charge in [0.05, 0.1) is 43.1 Å². The third-order valence-corrected chi connectivity index (χ3v) is 6.82. The summed E-state index contributed by atoms with van der Waals surface area (Å²) in [6.07, 6.45) is -3.22. The van der Waals surface area contributed by atoms with E-state index in [1.165, 1.54) is 4.90 Å². The summed E-state index contributed by atoms with van der Waals surface area (Å²) in [6.45, 7) is 1.91. The van der Waals surface area contributed by atoms with E-state index in [4.69, 9.17) is 9.47 Å². The lowest BCUT2D eigenvalue weighted by molar-refractivity contribution is -0.137. The minimum atomic E-state index is -4.69. The van der Waals surface area contributed by atoms with Gasteiger partial charge in [0.1, 0.15) is 5.75 Å². The normalized spacial score (nSPS) is 18.9. The van der Waals surface area contributed by atoms with Crippen molar-refractivity contribution in [2.24, 2.45) is 0 Å². The molecule has 2 atom stereocenters. The van der Waals surface area contributed by atoms with Crippen LogP contribution in [0.2, 0.25) is 0 Å². The third kappa shape index (κ3) is 7.63. The monoisotopic (exact) mass is 563 g/mol. The van der Waals surface area contributed by atoms with Crippen LogP contribution in [0.1, 0.15) is 34.3 Å². The van der Waals surface area contributed by atoms with Gasteiger partial charge in [-0.1, -0.05) is 12.1 Å². The largest absolute Gasteiger partial charge is 0.497 e. The Kier molecular flexibility index (Phi) is 9.48. The first-order valence-corrected chi connectivity index (χ1v) is 12.9. The van der Waals surface area contributed by atoms with Crippen LogP contribution in [0, 0.1) is 0 Å². The number of rotatable bonds is 9. The van der Waals surface area contributed by atoms with Gasteiger partial charge in [0, 0.05) is 32.3 Å². The first-order chi connectivity index (χ1) is 19.1. The first-order valence-electron chi connectivity index (χ1n) is 12.9. The Bertz CT molecular complexity index is 1200. The molecule has 0 aromatic heterocycles. The van der Waals surface area contributed by atoms with E-state index in [2.05, 4.69) is 21.3 Å². The van der Waals surface area contributed by atoms with Crippen LogP contribution in [-0.4, -0.2) is 74.8 Å². The van der Waals surface area contributed by atoms with Gasteiger partial charge in [-0.15, -0.1) is 0 Å². The highest BCUT2D eigenvalue weighted by Crippen LogP contribution is 2.32. The lowest BCUT2D eigenvalue weighted by atomic mass is 10.0. The second-order valence-corrected chi connectivity index (χ2v) is 9.58. The molecule has 4 N–H and O–H groups in total. The van der Waals surface area contributed by atoms with Crippen LogP contribution in [0.5, 0.6) is 5.75 Å². The quantitative estimate of drug-likeness (QED) is 0.373. The molecule has 2 fully saturated rings. The highest BCUT2D eigenvalue weighted by atomic mass is 19.4. The Hall–Kier alpha value is -3.84. The summed E-state index contributed by atoms with van der Waals surface area (Å²) in [6, 6.07) is 9.08. The Labute approximate surface area is 229 Å². The number of methoxy groups -OCH3 is 1. The van der Waals surface area contributed by atoms with Crippen LogP contribution in [0.25, 0.3) is 0 Å². The molecule has 4 rings (SSSR count). The molecule has 40 heavy (non-hydrogen) atoms. The molecular weight excluding hydrogens is 531 g/mol. The molecule has 2 aliphatic rings. The minimum absolute atomic E-state index is 0.0775. The standard InChI is InChI=1S/C27H32F3N5O5/c1-39-19-6-3-17(4-7-19)14-31-22-9-12-40-16-23(22)33-24(36)15-32-25(37)20-13-18(27(28,29)30)5-8-21(20)34-26(38)35-10-2-11-35/h3-8,13,22-23,31H,2,9-12,14-16H2,1H3,(H,32,37)(H,33,36)(H,34,38)/t22-,23+/m1/s1. The summed E-state index contributed by atoms with van der Waals surface area (Å²) in [5.74, 6) is -0.703. The van der Waals surface area contributed by atoms with E-state index in [1.807, 2.05) is 24.3 Å². The molecule has 2 aromatic rings. The maximum absolute atomic E-state index is 13.3. The molecule has 2 saturated heterocycles. The average Bonchev–Trinajstić information content (AvgIpc) is 2.90. The van der Waals surface area contributed by atoms with E-state index in [1.54, 1.807) is 7.11 Å². The van der Waals surface area contributed by atoms with Crippen molar-refractivity contribution < 1.29 is 37.0 Å². The Morgan fingerprint density at radius 3 is 2.48 bits per heavy atom. The summed E-state index contributed by atoms with van der Waals surface area (Å²) in [5, 5.41) is 11.1. The maximum Gasteiger partial charge on any atom is 0.416 e. The molecular formula is C27H32F3N5O5. The smallest absolute Gasteiger partial charge is 0.416 e. The van der Waals surface area contributed by atoms with E-state index < -0.39 is 41.7 Å². The lowest BCUT2D eigenvalue weighted by Gasteiger charge is -2.33. The number of nitrogens with one attached hydrogen (secondary N) is 4. The highest BCUT2D eigenvalue weighted by molar-refractivity contribution is 6.04. The number of urea groups is 1. The van der Waals surface area contributed by atoms with Crippen LogP contribution < -0.4 is 26.0 Å². The molecule has 4 amide bonds. The molecule has 0 saturated carbocycles. The minimum Gasteiger partial charge on any atom is -0.497 e. The number of hydrogen-bond acceptors (Lipinski definition) is 6. The molecule has 2 aromatic carbocycles. The predicted molar refractivity (Wildman–Crippen MR) is 140 cm³/mol. The maximum atomic E-state index is 13.3. The Morgan fingerprint density at radius 2 is 1.82 bits per heavy atom. The van der Waals surface area contributed by atoms with Gasteiger partial charge in [-0.3, -0.25) is 9.59 Å². The van der Waals surface area contributed by atoms with E-state index >= 15 is 0 Å². The predicted octanol–water partition coefficient (Wildman–Crippen LogP) is 2.74. The van der Waals surface area contributed by atoms with Crippen molar-refractivity contribution >= 4 is 23.5 Å². The van der Waals surface area contributed by atoms with Gasteiger partial charge in [-0.2, -0.15) is 13.2 Å². The Morgan fingerprint density at radius 1 is 1.07 bits per heavy atom. The summed E-state index contributed by atoms with van der Waals surface area (Å²) < 4.78 is 50.6. The number of anilines is 1. The van der Waals surface area contributed by atoms with E-state index in [-0.39, 0.29) is 24.4 Å². The highest BCUT2D eigenvalue weighted by Gasteiger charge is 2.33. The topological polar surface area (TPSA) is 121 Å². The number of alkyl halides is 3. The van der Waals surface area contributed by atoms with Crippen molar-refractivity contribution in [2.75, 3.05) is 45.3 Å². The van der Waals surface area contributed by atoms with Crippen LogP contribution >= 0.6 is 0 Å². The van der Waals surface area contributed by atoms with Gasteiger partial charge in [-0.25, -0.2) is 4.79 Å². The zero-order chi connectivity index (χ0) is 28.7. The third-order valence-electron chi connectivity index (χ3n) is 6.82. The fourth-order valence-corrected chi connectivity index (χ4v) is 4.36. The van der Waals surface area contributed by atoms with E-state index in [9.17, 15) is 27.6 Å². The second kappa shape index (κ2) is 13.0. The molecule has 2 heterocycles. The lowest BCUT2D eigenvalue weighted by Crippen LogP contribution is -2.56. The molecule has 0 spiro atoms. The first kappa shape index (κ1) is 29.2. The number of carbonyl (C=O) groups is 3. The van der Waals surface area contributed by atoms with Gasteiger partial charge in [0.2, 0.25) is 5.91 Å². The van der Waals surface area contributed by atoms with Gasteiger partial charge >= 0.3 is 12.2 Å². The van der Waals surface area contributed by atoms with Gasteiger partial charge in [0.15, 0.2) is 0 Å². The van der Waals surface area contributed by atoms with Crippen molar-refractivity contribution in [3.63, 3.8) is 0 Å². The van der Waals surface area contributed by atoms with Gasteiger partial charge < -0.3 is 35.6 Å². The molecule has 0 aliphatic carbocycles. The molecule has 10 nitrogen and oxygen atoms in total. The molecule has 2 aliphatic heterocycles.